The summed E-state index contributed by atoms with van der Waals surface area (Å²) < 4.78 is 26.3. The lowest BCUT2D eigenvalue weighted by Crippen LogP contribution is -2.30. The van der Waals surface area contributed by atoms with Crippen LogP contribution in [0.2, 0.25) is 0 Å². The van der Waals surface area contributed by atoms with Crippen molar-refractivity contribution in [1.82, 2.24) is 4.31 Å². The molecule has 20 heavy (non-hydrogen) atoms. The Hall–Kier alpha value is -1.67. The summed E-state index contributed by atoms with van der Waals surface area (Å²) >= 11 is 0. The van der Waals surface area contributed by atoms with Crippen LogP contribution in [-0.2, 0) is 10.0 Å². The zero-order valence-corrected chi connectivity index (χ0v) is 12.2. The number of nitrogens with two attached hydrogens (primary N) is 1. The number of anilines is 1. The number of nitro groups is 1. The molecule has 1 aliphatic rings. The molecule has 0 radical (unpaired) electrons. The average molecular weight is 299 g/mol. The monoisotopic (exact) mass is 299 g/mol. The maximum Gasteiger partial charge on any atom is 0.293 e. The van der Waals surface area contributed by atoms with Crippen LogP contribution < -0.4 is 5.73 Å². The van der Waals surface area contributed by atoms with Gasteiger partial charge < -0.3 is 5.73 Å². The molecule has 0 aromatic heterocycles. The number of hydrogen-bond acceptors (Lipinski definition) is 5. The van der Waals surface area contributed by atoms with Crippen LogP contribution in [0.25, 0.3) is 0 Å². The minimum Gasteiger partial charge on any atom is -0.393 e. The van der Waals surface area contributed by atoms with E-state index in [4.69, 9.17) is 5.73 Å². The van der Waals surface area contributed by atoms with Crippen molar-refractivity contribution in [2.45, 2.75) is 25.2 Å². The van der Waals surface area contributed by atoms with Crippen LogP contribution in [0.5, 0.6) is 0 Å². The van der Waals surface area contributed by atoms with Crippen molar-refractivity contribution < 1.29 is 13.3 Å². The fourth-order valence-corrected chi connectivity index (χ4v) is 3.91. The summed E-state index contributed by atoms with van der Waals surface area (Å²) in [5, 5.41) is 10.8. The third-order valence-electron chi connectivity index (χ3n) is 3.48. The smallest absolute Gasteiger partial charge is 0.293 e. The van der Waals surface area contributed by atoms with Gasteiger partial charge in [-0.1, -0.05) is 13.8 Å². The Morgan fingerprint density at radius 3 is 2.55 bits per heavy atom. The third-order valence-corrected chi connectivity index (χ3v) is 5.32. The van der Waals surface area contributed by atoms with Gasteiger partial charge in [0, 0.05) is 19.2 Å². The third kappa shape index (κ3) is 2.61. The first kappa shape index (κ1) is 14.7. The largest absolute Gasteiger partial charge is 0.393 e. The molecule has 0 bridgehead atoms. The number of nitrogen functional groups attached to an aromatic ring is 1. The molecule has 0 amide bonds. The van der Waals surface area contributed by atoms with Crippen LogP contribution in [0.3, 0.4) is 0 Å². The number of sulfonamides is 1. The van der Waals surface area contributed by atoms with Crippen LogP contribution in [-0.4, -0.2) is 30.7 Å². The fourth-order valence-electron chi connectivity index (χ4n) is 2.26. The first-order valence-corrected chi connectivity index (χ1v) is 7.62. The van der Waals surface area contributed by atoms with E-state index in [1.807, 2.05) is 13.8 Å². The predicted octanol–water partition coefficient (Wildman–Crippen LogP) is 1.60. The SMILES string of the molecule is CC1(C)CCN(S(=O)(=O)c2ccc(N)c([N+](=O)[O-])c2)C1. The zero-order chi connectivity index (χ0) is 15.1. The molecule has 0 aliphatic carbocycles. The van der Waals surface area contributed by atoms with E-state index in [9.17, 15) is 18.5 Å². The molecule has 8 heteroatoms. The molecule has 1 saturated heterocycles. The van der Waals surface area contributed by atoms with Gasteiger partial charge in [-0.25, -0.2) is 8.42 Å². The number of hydrogen-bond donors (Lipinski definition) is 1. The molecular weight excluding hydrogens is 282 g/mol. The fraction of sp³-hybridized carbons (Fsp3) is 0.500. The summed E-state index contributed by atoms with van der Waals surface area (Å²) in [5.41, 5.74) is 4.97. The molecule has 0 saturated carbocycles. The Kier molecular flexibility index (Phi) is 3.47. The van der Waals surface area contributed by atoms with Gasteiger partial charge in [-0.15, -0.1) is 0 Å². The van der Waals surface area contributed by atoms with E-state index >= 15 is 0 Å². The Morgan fingerprint density at radius 1 is 1.40 bits per heavy atom. The van der Waals surface area contributed by atoms with Gasteiger partial charge in [-0.3, -0.25) is 10.1 Å². The Bertz CT molecular complexity index is 655. The van der Waals surface area contributed by atoms with E-state index in [1.54, 1.807) is 0 Å². The van der Waals surface area contributed by atoms with E-state index in [1.165, 1.54) is 16.4 Å². The van der Waals surface area contributed by atoms with Gasteiger partial charge in [-0.2, -0.15) is 4.31 Å². The van der Waals surface area contributed by atoms with E-state index in [-0.39, 0.29) is 21.7 Å². The van der Waals surface area contributed by atoms with Crippen molar-refractivity contribution >= 4 is 21.4 Å². The van der Waals surface area contributed by atoms with Crippen LogP contribution >= 0.6 is 0 Å². The molecule has 0 unspecified atom stereocenters. The van der Waals surface area contributed by atoms with Gasteiger partial charge in [0.15, 0.2) is 0 Å². The molecule has 0 atom stereocenters. The molecule has 1 fully saturated rings. The first-order chi connectivity index (χ1) is 9.13. The summed E-state index contributed by atoms with van der Waals surface area (Å²) in [6.07, 6.45) is 0.767. The number of benzene rings is 1. The molecular formula is C12H17N3O4S. The first-order valence-electron chi connectivity index (χ1n) is 6.18. The highest BCUT2D eigenvalue weighted by molar-refractivity contribution is 7.89. The van der Waals surface area contributed by atoms with Gasteiger partial charge in [0.25, 0.3) is 5.69 Å². The van der Waals surface area contributed by atoms with Crippen molar-refractivity contribution in [3.05, 3.63) is 28.3 Å². The summed E-state index contributed by atoms with van der Waals surface area (Å²) in [6, 6.07) is 3.59. The van der Waals surface area contributed by atoms with E-state index in [0.29, 0.717) is 13.1 Å². The number of nitrogens with zero attached hydrogens (tertiary/aromatic N) is 2. The molecule has 110 valence electrons. The van der Waals surface area contributed by atoms with Gasteiger partial charge >= 0.3 is 0 Å². The van der Waals surface area contributed by atoms with Crippen molar-refractivity contribution in [1.29, 1.82) is 0 Å². The summed E-state index contributed by atoms with van der Waals surface area (Å²) in [7, 11) is -3.71. The number of nitro benzene ring substituents is 1. The molecule has 2 N–H and O–H groups in total. The van der Waals surface area contributed by atoms with E-state index < -0.39 is 14.9 Å². The Balaban J connectivity index is 2.41. The predicted molar refractivity (Wildman–Crippen MR) is 74.7 cm³/mol. The highest BCUT2D eigenvalue weighted by atomic mass is 32.2. The van der Waals surface area contributed by atoms with Gasteiger partial charge in [-0.05, 0) is 24.0 Å². The average Bonchev–Trinajstić information content (AvgIpc) is 2.70. The Morgan fingerprint density at radius 2 is 2.05 bits per heavy atom. The van der Waals surface area contributed by atoms with E-state index in [2.05, 4.69) is 0 Å². The van der Waals surface area contributed by atoms with Crippen molar-refractivity contribution in [2.75, 3.05) is 18.8 Å². The second kappa shape index (κ2) is 4.71. The maximum atomic E-state index is 12.5. The van der Waals surface area contributed by atoms with Crippen molar-refractivity contribution in [3.8, 4) is 0 Å². The van der Waals surface area contributed by atoms with Crippen LogP contribution in [0.1, 0.15) is 20.3 Å². The minimum absolute atomic E-state index is 0.0456. The molecule has 1 heterocycles. The second-order valence-electron chi connectivity index (χ2n) is 5.73. The standard InChI is InChI=1S/C12H17N3O4S/c1-12(2)5-6-14(8-12)20(18,19)9-3-4-10(13)11(7-9)15(16)17/h3-4,7H,5-6,8,13H2,1-2H3. The highest BCUT2D eigenvalue weighted by Crippen LogP contribution is 2.34. The zero-order valence-electron chi connectivity index (χ0n) is 11.4. The molecule has 2 rings (SSSR count). The van der Waals surface area contributed by atoms with Crippen molar-refractivity contribution in [3.63, 3.8) is 0 Å². The highest BCUT2D eigenvalue weighted by Gasteiger charge is 2.37. The molecule has 0 spiro atoms. The summed E-state index contributed by atoms with van der Waals surface area (Å²) in [5.74, 6) is 0. The lowest BCUT2D eigenvalue weighted by atomic mass is 9.93. The van der Waals surface area contributed by atoms with Crippen LogP contribution in [0.15, 0.2) is 23.1 Å². The Labute approximate surface area is 117 Å². The van der Waals surface area contributed by atoms with Gasteiger partial charge in [0.05, 0.1) is 9.82 Å². The number of rotatable bonds is 3. The quantitative estimate of drug-likeness (QED) is 0.518. The molecule has 1 aliphatic heterocycles. The normalized spacial score (nSPS) is 19.1. The lowest BCUT2D eigenvalue weighted by molar-refractivity contribution is -0.384. The van der Waals surface area contributed by atoms with Gasteiger partial charge in [0.1, 0.15) is 5.69 Å². The van der Waals surface area contributed by atoms with Crippen LogP contribution in [0.4, 0.5) is 11.4 Å². The van der Waals surface area contributed by atoms with Crippen LogP contribution in [0, 0.1) is 15.5 Å². The lowest BCUT2D eigenvalue weighted by Gasteiger charge is -2.19. The summed E-state index contributed by atoms with van der Waals surface area (Å²) in [6.45, 7) is 4.82. The molecule has 7 nitrogen and oxygen atoms in total. The maximum absolute atomic E-state index is 12.5. The molecule has 1 aromatic rings. The van der Waals surface area contributed by atoms with Crippen molar-refractivity contribution in [2.24, 2.45) is 5.41 Å². The minimum atomic E-state index is -3.71. The molecule has 1 aromatic carbocycles. The second-order valence-corrected chi connectivity index (χ2v) is 7.67. The van der Waals surface area contributed by atoms with Gasteiger partial charge in [0.2, 0.25) is 10.0 Å². The topological polar surface area (TPSA) is 107 Å². The summed E-state index contributed by atoms with van der Waals surface area (Å²) in [4.78, 5) is 10.1. The van der Waals surface area contributed by atoms with E-state index in [0.717, 1.165) is 12.5 Å².